The number of anilines is 1. The number of piperidine rings is 1. The lowest BCUT2D eigenvalue weighted by Gasteiger charge is -2.28. The molecular formula is C23H30F3N5O5S. The number of nitrogens with two attached hydrogens (primary N) is 1. The maximum atomic E-state index is 14.1. The molecule has 37 heavy (non-hydrogen) atoms. The van der Waals surface area contributed by atoms with Crippen LogP contribution in [0.2, 0.25) is 0 Å². The third-order valence-electron chi connectivity index (χ3n) is 5.76. The smallest absolute Gasteiger partial charge is 0.410 e. The molecule has 0 radical (unpaired) electrons. The molecule has 14 heteroatoms. The summed E-state index contributed by atoms with van der Waals surface area (Å²) in [7, 11) is 0. The van der Waals surface area contributed by atoms with E-state index in [2.05, 4.69) is 19.9 Å². The van der Waals surface area contributed by atoms with Crippen molar-refractivity contribution in [2.75, 3.05) is 31.5 Å². The minimum absolute atomic E-state index is 0.0486. The third kappa shape index (κ3) is 8.20. The lowest BCUT2D eigenvalue weighted by molar-refractivity contribution is 0.0934. The SMILES string of the molecule is Cc1cc(F)c(COc2nsc(NC(=O)NCCCC(O)CN3CCCCC3)c2OC(N)=O)c(F)c1F. The first-order valence-electron chi connectivity index (χ1n) is 11.8. The lowest BCUT2D eigenvalue weighted by atomic mass is 10.1. The number of ether oxygens (including phenoxy) is 2. The fourth-order valence-electron chi connectivity index (χ4n) is 3.87. The Morgan fingerprint density at radius 3 is 2.68 bits per heavy atom. The Kier molecular flexibility index (Phi) is 10.3. The average Bonchev–Trinajstić information content (AvgIpc) is 3.21. The van der Waals surface area contributed by atoms with Gasteiger partial charge in [0.1, 0.15) is 12.4 Å². The summed E-state index contributed by atoms with van der Waals surface area (Å²) in [4.78, 5) is 25.9. The van der Waals surface area contributed by atoms with Crippen molar-refractivity contribution < 1.29 is 37.3 Å². The molecular weight excluding hydrogens is 515 g/mol. The van der Waals surface area contributed by atoms with E-state index in [0.29, 0.717) is 30.9 Å². The molecule has 10 nitrogen and oxygen atoms in total. The number of amides is 3. The molecule has 0 spiro atoms. The molecule has 1 aromatic carbocycles. The maximum absolute atomic E-state index is 14.1. The van der Waals surface area contributed by atoms with E-state index in [-0.39, 0.29) is 28.7 Å². The van der Waals surface area contributed by atoms with Gasteiger partial charge in [0.05, 0.1) is 11.7 Å². The molecule has 1 unspecified atom stereocenters. The van der Waals surface area contributed by atoms with E-state index in [1.807, 2.05) is 0 Å². The maximum Gasteiger partial charge on any atom is 0.410 e. The van der Waals surface area contributed by atoms with Crippen molar-refractivity contribution in [2.45, 2.75) is 51.7 Å². The number of likely N-dealkylation sites (tertiary alicyclic amines) is 1. The van der Waals surface area contributed by atoms with Crippen molar-refractivity contribution in [2.24, 2.45) is 5.73 Å². The van der Waals surface area contributed by atoms with Crippen LogP contribution in [0.25, 0.3) is 0 Å². The van der Waals surface area contributed by atoms with Crippen LogP contribution in [0.4, 0.5) is 27.8 Å². The minimum atomic E-state index is -1.41. The highest BCUT2D eigenvalue weighted by atomic mass is 32.1. The number of aromatic nitrogens is 1. The van der Waals surface area contributed by atoms with Gasteiger partial charge in [0.15, 0.2) is 16.6 Å². The zero-order valence-electron chi connectivity index (χ0n) is 20.3. The van der Waals surface area contributed by atoms with Crippen molar-refractivity contribution in [1.29, 1.82) is 0 Å². The van der Waals surface area contributed by atoms with Crippen LogP contribution in [0, 0.1) is 24.4 Å². The number of nitrogens with zero attached hydrogens (tertiary/aromatic N) is 2. The van der Waals surface area contributed by atoms with Gasteiger partial charge in [-0.05, 0) is 68.9 Å². The third-order valence-corrected chi connectivity index (χ3v) is 6.48. The molecule has 2 heterocycles. The number of carbonyl (C=O) groups excluding carboxylic acids is 2. The molecule has 5 N–H and O–H groups in total. The number of benzene rings is 1. The van der Waals surface area contributed by atoms with Crippen molar-refractivity contribution in [1.82, 2.24) is 14.6 Å². The topological polar surface area (TPSA) is 139 Å². The Labute approximate surface area is 216 Å². The Hall–Kier alpha value is -3.10. The highest BCUT2D eigenvalue weighted by molar-refractivity contribution is 7.11. The van der Waals surface area contributed by atoms with E-state index in [1.54, 1.807) is 0 Å². The number of nitrogens with one attached hydrogen (secondary N) is 2. The summed E-state index contributed by atoms with van der Waals surface area (Å²) in [6.07, 6.45) is 2.81. The molecule has 1 atom stereocenters. The number of hydrogen-bond donors (Lipinski definition) is 4. The summed E-state index contributed by atoms with van der Waals surface area (Å²) in [6.45, 7) is 3.30. The van der Waals surface area contributed by atoms with Crippen LogP contribution in [-0.2, 0) is 6.61 Å². The zero-order chi connectivity index (χ0) is 26.9. The Morgan fingerprint density at radius 1 is 1.24 bits per heavy atom. The number of halogens is 3. The van der Waals surface area contributed by atoms with E-state index in [9.17, 15) is 27.9 Å². The number of aliphatic hydroxyl groups is 1. The molecule has 3 amide bonds. The van der Waals surface area contributed by atoms with Crippen LogP contribution in [0.15, 0.2) is 6.07 Å². The van der Waals surface area contributed by atoms with E-state index in [1.165, 1.54) is 13.3 Å². The number of rotatable bonds is 11. The van der Waals surface area contributed by atoms with Gasteiger partial charge in [-0.15, -0.1) is 4.37 Å². The molecule has 0 saturated carbocycles. The Balaban J connectivity index is 1.53. The number of primary amides is 1. The van der Waals surface area contributed by atoms with Crippen molar-refractivity contribution in [3.05, 3.63) is 34.6 Å². The van der Waals surface area contributed by atoms with Gasteiger partial charge in [0.2, 0.25) is 5.75 Å². The predicted molar refractivity (Wildman–Crippen MR) is 130 cm³/mol. The number of urea groups is 1. The quantitative estimate of drug-likeness (QED) is 0.250. The highest BCUT2D eigenvalue weighted by Gasteiger charge is 2.23. The van der Waals surface area contributed by atoms with E-state index in [0.717, 1.165) is 32.0 Å². The summed E-state index contributed by atoms with van der Waals surface area (Å²) < 4.78 is 56.0. The van der Waals surface area contributed by atoms with E-state index >= 15 is 0 Å². The molecule has 204 valence electrons. The second-order valence-corrected chi connectivity index (χ2v) is 9.45. The van der Waals surface area contributed by atoms with Crippen molar-refractivity contribution >= 4 is 28.7 Å². The Morgan fingerprint density at radius 2 is 1.97 bits per heavy atom. The van der Waals surface area contributed by atoms with E-state index < -0.39 is 47.9 Å². The number of β-amino-alcohol motifs (C(OH)–C–C–N with tert-alkyl or cyclic N) is 1. The molecule has 2 aromatic rings. The Bertz CT molecular complexity index is 1100. The van der Waals surface area contributed by atoms with E-state index in [4.69, 9.17) is 15.2 Å². The zero-order valence-corrected chi connectivity index (χ0v) is 21.1. The van der Waals surface area contributed by atoms with Crippen molar-refractivity contribution in [3.63, 3.8) is 0 Å². The number of aliphatic hydroxyl groups excluding tert-OH is 1. The van der Waals surface area contributed by atoms with Gasteiger partial charge in [0, 0.05) is 13.1 Å². The summed E-state index contributed by atoms with van der Waals surface area (Å²) in [5.74, 6) is -4.39. The average molecular weight is 546 g/mol. The first kappa shape index (κ1) is 28.5. The number of aryl methyl sites for hydroxylation is 1. The molecule has 0 bridgehead atoms. The minimum Gasteiger partial charge on any atom is -0.469 e. The first-order valence-corrected chi connectivity index (χ1v) is 12.6. The van der Waals surface area contributed by atoms with Crippen LogP contribution in [0.5, 0.6) is 11.6 Å². The van der Waals surface area contributed by atoms with Gasteiger partial charge in [-0.25, -0.2) is 22.8 Å². The molecule has 3 rings (SSSR count). The van der Waals surface area contributed by atoms with Gasteiger partial charge in [0.25, 0.3) is 5.88 Å². The second-order valence-electron chi connectivity index (χ2n) is 8.68. The van der Waals surface area contributed by atoms with Crippen LogP contribution >= 0.6 is 11.5 Å². The first-order chi connectivity index (χ1) is 17.7. The molecule has 1 aliphatic rings. The second kappa shape index (κ2) is 13.4. The summed E-state index contributed by atoms with van der Waals surface area (Å²) >= 11 is 0.672. The molecule has 0 aliphatic carbocycles. The fourth-order valence-corrected chi connectivity index (χ4v) is 4.53. The molecule has 1 aliphatic heterocycles. The fraction of sp³-hybridized carbons (Fsp3) is 0.522. The largest absolute Gasteiger partial charge is 0.469 e. The molecule has 1 fully saturated rings. The van der Waals surface area contributed by atoms with Gasteiger partial charge in [-0.1, -0.05) is 6.42 Å². The van der Waals surface area contributed by atoms with Crippen LogP contribution in [-0.4, -0.2) is 58.8 Å². The summed E-state index contributed by atoms with van der Waals surface area (Å²) in [5, 5.41) is 15.2. The lowest BCUT2D eigenvalue weighted by Crippen LogP contribution is -2.37. The van der Waals surface area contributed by atoms with Gasteiger partial charge in [-0.2, -0.15) is 0 Å². The molecule has 1 saturated heterocycles. The molecule has 1 aromatic heterocycles. The number of hydrogen-bond acceptors (Lipinski definition) is 8. The van der Waals surface area contributed by atoms with Crippen LogP contribution in [0.3, 0.4) is 0 Å². The van der Waals surface area contributed by atoms with Gasteiger partial charge in [-0.3, -0.25) is 5.32 Å². The summed E-state index contributed by atoms with van der Waals surface area (Å²) in [6, 6.07) is 0.177. The van der Waals surface area contributed by atoms with Crippen LogP contribution < -0.4 is 25.8 Å². The van der Waals surface area contributed by atoms with Crippen LogP contribution in [0.1, 0.15) is 43.2 Å². The standard InChI is InChI=1S/C23H30F3N5O5S/c1-13-10-16(24)15(18(26)17(13)25)12-35-20-19(36-22(27)33)21(37-30-20)29-23(34)28-7-5-6-14(32)11-31-8-3-2-4-9-31/h10,14,32H,2-9,11-12H2,1H3,(H2,27,33)(H2,28,29,34). The van der Waals surface area contributed by atoms with Gasteiger partial charge >= 0.3 is 12.1 Å². The number of carbonyl (C=O) groups is 2. The normalized spacial score (nSPS) is 14.7. The predicted octanol–water partition coefficient (Wildman–Crippen LogP) is 3.65. The monoisotopic (exact) mass is 545 g/mol. The highest BCUT2D eigenvalue weighted by Crippen LogP contribution is 2.39. The van der Waals surface area contributed by atoms with Gasteiger partial charge < -0.3 is 30.5 Å². The van der Waals surface area contributed by atoms with Crippen molar-refractivity contribution in [3.8, 4) is 11.6 Å². The summed E-state index contributed by atoms with van der Waals surface area (Å²) in [5.41, 5.74) is 4.18.